The number of carbonyl (C=O) groups is 2. The van der Waals surface area contributed by atoms with E-state index in [1.807, 2.05) is 21.0 Å². The smallest absolute Gasteiger partial charge is 0.271 e. The molecule has 2 aliphatic rings. The van der Waals surface area contributed by atoms with Crippen molar-refractivity contribution in [2.45, 2.75) is 27.2 Å². The van der Waals surface area contributed by atoms with Crippen LogP contribution in [0, 0.1) is 23.3 Å². The van der Waals surface area contributed by atoms with Gasteiger partial charge in [-0.05, 0) is 138 Å². The molecule has 12 rings (SSSR count). The van der Waals surface area contributed by atoms with Crippen molar-refractivity contribution in [2.24, 2.45) is 0 Å². The van der Waals surface area contributed by atoms with Crippen LogP contribution in [0.5, 0.6) is 69.0 Å². The third-order valence-electron chi connectivity index (χ3n) is 14.4. The number of hydrogen-bond acceptors (Lipinski definition) is 17. The standard InChI is InChI=1S/C36H34F2N4O7.C33H27F2N3O7/c1-4-45-28-13-16-42(24-9-6-22(37)7-10-24)36(44)32(28)35(43)40-23-8-11-27(25(38)20-23)49-29-12-14-39-26-21-30(46-17-5-15-41(2)3)33-34(31(26)29)48-19-18-47-33;1-3-41-25-12-14-38(21-8-5-19(34)6-9-21)33(40)29(25)32(39)37-20-7-10-24(22(35)17-20)45-26-11-13-36-23-18-27(42-4-2)30-31(28(23)26)44-16-15-43-30/h6-14,16,20-21H,4-5,15,17-19H2,1-3H3,(H,40,43);5-14,17-18H,3-4,15-16H2,1-2H3,(H,37,39). The molecule has 6 heterocycles. The van der Waals surface area contributed by atoms with Gasteiger partial charge >= 0.3 is 0 Å². The van der Waals surface area contributed by atoms with Gasteiger partial charge < -0.3 is 62.9 Å². The van der Waals surface area contributed by atoms with Crippen molar-refractivity contribution in [3.05, 3.63) is 201 Å². The summed E-state index contributed by atoms with van der Waals surface area (Å²) in [4.78, 5) is 64.5. The van der Waals surface area contributed by atoms with E-state index in [0.29, 0.717) is 107 Å². The number of aromatic nitrogens is 4. The van der Waals surface area contributed by atoms with Crippen molar-refractivity contribution >= 4 is 45.0 Å². The van der Waals surface area contributed by atoms with E-state index >= 15 is 8.78 Å². The molecule has 484 valence electrons. The van der Waals surface area contributed by atoms with Gasteiger partial charge in [-0.3, -0.25) is 38.3 Å². The van der Waals surface area contributed by atoms with Gasteiger partial charge in [0.2, 0.25) is 11.5 Å². The number of rotatable bonds is 21. The number of benzene rings is 6. The predicted molar refractivity (Wildman–Crippen MR) is 340 cm³/mol. The third kappa shape index (κ3) is 14.1. The van der Waals surface area contributed by atoms with E-state index in [-0.39, 0.29) is 70.2 Å². The summed E-state index contributed by atoms with van der Waals surface area (Å²) in [6, 6.07) is 27.7. The summed E-state index contributed by atoms with van der Waals surface area (Å²) in [7, 11) is 3.98. The van der Waals surface area contributed by atoms with Gasteiger partial charge in [0.25, 0.3) is 22.9 Å². The Hall–Kier alpha value is -11.3. The number of ether oxygens (including phenoxy) is 10. The summed E-state index contributed by atoms with van der Waals surface area (Å²) in [5, 5.41) is 6.10. The first kappa shape index (κ1) is 64.2. The van der Waals surface area contributed by atoms with Gasteiger partial charge in [0.1, 0.15) is 72.2 Å². The summed E-state index contributed by atoms with van der Waals surface area (Å²) >= 11 is 0. The average Bonchev–Trinajstić information content (AvgIpc) is 0.775. The molecule has 0 atom stereocenters. The van der Waals surface area contributed by atoms with E-state index in [4.69, 9.17) is 47.4 Å². The maximum atomic E-state index is 15.5. The zero-order valence-electron chi connectivity index (χ0n) is 51.4. The second-order valence-electron chi connectivity index (χ2n) is 21.0. The minimum Gasteiger partial charge on any atom is -0.493 e. The quantitative estimate of drug-likeness (QED) is 0.0504. The molecule has 4 aromatic heterocycles. The lowest BCUT2D eigenvalue weighted by Crippen LogP contribution is -2.29. The Balaban J connectivity index is 0.000000192. The van der Waals surface area contributed by atoms with Gasteiger partial charge in [-0.1, -0.05) is 0 Å². The Kier molecular flexibility index (Phi) is 19.7. The number of nitrogens with zero attached hydrogens (tertiary/aromatic N) is 5. The van der Waals surface area contributed by atoms with Crippen molar-refractivity contribution in [1.82, 2.24) is 24.0 Å². The van der Waals surface area contributed by atoms with Crippen LogP contribution in [0.2, 0.25) is 0 Å². The Morgan fingerprint density at radius 1 is 0.489 bits per heavy atom. The van der Waals surface area contributed by atoms with E-state index in [1.54, 1.807) is 38.1 Å². The van der Waals surface area contributed by atoms with Crippen LogP contribution >= 0.6 is 0 Å². The third-order valence-corrected chi connectivity index (χ3v) is 14.4. The fourth-order valence-electron chi connectivity index (χ4n) is 10.2. The summed E-state index contributed by atoms with van der Waals surface area (Å²) in [5.41, 5.74) is -0.150. The topological polar surface area (TPSA) is 224 Å². The molecule has 0 spiro atoms. The van der Waals surface area contributed by atoms with Crippen LogP contribution in [0.25, 0.3) is 33.2 Å². The fraction of sp³-hybridized carbons (Fsp3) is 0.217. The molecule has 0 bridgehead atoms. The number of fused-ring (bicyclic) bond motifs is 6. The Bertz CT molecular complexity index is 4590. The van der Waals surface area contributed by atoms with Crippen LogP contribution in [0.4, 0.5) is 28.9 Å². The normalized spacial score (nSPS) is 12.1. The number of halogens is 4. The van der Waals surface area contributed by atoms with Crippen LogP contribution in [-0.4, -0.2) is 109 Å². The van der Waals surface area contributed by atoms with E-state index in [0.717, 1.165) is 25.1 Å². The van der Waals surface area contributed by atoms with Crippen LogP contribution < -0.4 is 69.1 Å². The van der Waals surface area contributed by atoms with E-state index in [1.165, 1.54) is 119 Å². The first-order valence-electron chi connectivity index (χ1n) is 29.8. The number of carbonyl (C=O) groups excluding carboxylic acids is 2. The van der Waals surface area contributed by atoms with Crippen LogP contribution in [0.15, 0.2) is 156 Å². The molecule has 10 aromatic rings. The molecule has 0 aliphatic carbocycles. The van der Waals surface area contributed by atoms with Crippen molar-refractivity contribution < 1.29 is 74.5 Å². The molecule has 2 N–H and O–H groups in total. The Labute approximate surface area is 534 Å². The molecule has 0 fully saturated rings. The molecule has 25 heteroatoms. The molecular weight excluding hydrogens is 1230 g/mol. The van der Waals surface area contributed by atoms with E-state index < -0.39 is 46.2 Å². The van der Waals surface area contributed by atoms with E-state index in [2.05, 4.69) is 25.5 Å². The maximum Gasteiger partial charge on any atom is 0.271 e. The number of anilines is 2. The van der Waals surface area contributed by atoms with Gasteiger partial charge in [-0.2, -0.15) is 0 Å². The Morgan fingerprint density at radius 2 is 0.894 bits per heavy atom. The van der Waals surface area contributed by atoms with Gasteiger partial charge in [0, 0.05) is 78.3 Å². The number of pyridine rings is 4. The molecule has 6 aromatic carbocycles. The average molecular weight is 1290 g/mol. The molecule has 2 amide bonds. The maximum absolute atomic E-state index is 15.5. The van der Waals surface area contributed by atoms with Crippen LogP contribution in [-0.2, 0) is 0 Å². The van der Waals surface area contributed by atoms with Crippen LogP contribution in [0.1, 0.15) is 47.9 Å². The van der Waals surface area contributed by atoms with Gasteiger partial charge in [0.05, 0.1) is 48.2 Å². The molecule has 21 nitrogen and oxygen atoms in total. The zero-order chi connectivity index (χ0) is 66.0. The van der Waals surface area contributed by atoms with Crippen molar-refractivity contribution in [2.75, 3.05) is 84.1 Å². The fourth-order valence-corrected chi connectivity index (χ4v) is 10.2. The summed E-state index contributed by atoms with van der Waals surface area (Å²) in [6.07, 6.45) is 6.72. The van der Waals surface area contributed by atoms with Crippen LogP contribution in [0.3, 0.4) is 0 Å². The van der Waals surface area contributed by atoms with Crippen molar-refractivity contribution in [1.29, 1.82) is 0 Å². The first-order valence-corrected chi connectivity index (χ1v) is 29.8. The predicted octanol–water partition coefficient (Wildman–Crippen LogP) is 12.5. The zero-order valence-corrected chi connectivity index (χ0v) is 51.4. The van der Waals surface area contributed by atoms with Gasteiger partial charge in [-0.25, -0.2) is 17.6 Å². The lowest BCUT2D eigenvalue weighted by atomic mass is 10.1. The summed E-state index contributed by atoms with van der Waals surface area (Å²) in [6.45, 7) is 8.65. The molecule has 2 aliphatic heterocycles. The molecule has 94 heavy (non-hydrogen) atoms. The number of nitrogens with one attached hydrogen (secondary N) is 2. The van der Waals surface area contributed by atoms with Gasteiger partial charge in [-0.15, -0.1) is 0 Å². The highest BCUT2D eigenvalue weighted by Crippen LogP contribution is 2.50. The Morgan fingerprint density at radius 3 is 1.30 bits per heavy atom. The lowest BCUT2D eigenvalue weighted by molar-refractivity contribution is 0.101. The SMILES string of the molecule is CCOc1cc2nccc(Oc3ccc(NC(=O)c4c(OCC)ccn(-c5ccc(F)cc5)c4=O)cc3F)c2c2c1OCCO2.CCOc1ccn(-c2ccc(F)cc2)c(=O)c1C(=O)Nc1ccc(Oc2ccnc3cc(OCCCN(C)C)c4c(c23)OCCO4)c(F)c1. The lowest BCUT2D eigenvalue weighted by Gasteiger charge is -2.23. The minimum atomic E-state index is -0.818. The highest BCUT2D eigenvalue weighted by molar-refractivity contribution is 6.07. The molecule has 0 unspecified atom stereocenters. The monoisotopic (exact) mass is 1290 g/mol. The summed E-state index contributed by atoms with van der Waals surface area (Å²) < 4.78 is 119. The minimum absolute atomic E-state index is 0.0463. The van der Waals surface area contributed by atoms with Crippen molar-refractivity contribution in [3.8, 4) is 80.4 Å². The number of hydrogen-bond donors (Lipinski definition) is 2. The largest absolute Gasteiger partial charge is 0.493 e. The molecule has 0 saturated carbocycles. The molecular formula is C69H61F4N7O14. The first-order chi connectivity index (χ1) is 45.6. The highest BCUT2D eigenvalue weighted by Gasteiger charge is 2.29. The van der Waals surface area contributed by atoms with Crippen molar-refractivity contribution in [3.63, 3.8) is 0 Å². The second kappa shape index (κ2) is 28.9. The van der Waals surface area contributed by atoms with Gasteiger partial charge in [0.15, 0.2) is 46.1 Å². The second-order valence-corrected chi connectivity index (χ2v) is 21.0. The molecule has 0 radical (unpaired) electrons. The van der Waals surface area contributed by atoms with E-state index in [9.17, 15) is 28.0 Å². The molecule has 0 saturated heterocycles. The summed E-state index contributed by atoms with van der Waals surface area (Å²) in [5.74, 6) is -1.19. The number of amides is 2. The highest BCUT2D eigenvalue weighted by atomic mass is 19.1.